The first-order valence-electron chi connectivity index (χ1n) is 15.4. The number of aromatic nitrogens is 5. The Hall–Kier alpha value is -4.27. The van der Waals surface area contributed by atoms with Crippen molar-refractivity contribution in [1.82, 2.24) is 24.3 Å². The van der Waals surface area contributed by atoms with Gasteiger partial charge in [-0.05, 0) is 103 Å². The first-order valence-corrected chi connectivity index (χ1v) is 16.5. The van der Waals surface area contributed by atoms with Gasteiger partial charge in [-0.3, -0.25) is 9.36 Å². The van der Waals surface area contributed by atoms with Crippen LogP contribution in [0.2, 0.25) is 0 Å². The van der Waals surface area contributed by atoms with E-state index in [1.807, 2.05) is 83.1 Å². The molecule has 3 N–H and O–H groups in total. The molecule has 238 valence electrons. The molecule has 47 heavy (non-hydrogen) atoms. The van der Waals surface area contributed by atoms with E-state index >= 15 is 0 Å². The molecular weight excluding hydrogens is 706 g/mol. The van der Waals surface area contributed by atoms with Crippen molar-refractivity contribution in [2.24, 2.45) is 0 Å². The summed E-state index contributed by atoms with van der Waals surface area (Å²) in [5, 5.41) is 17.1. The number of aromatic hydroxyl groups is 1. The molecule has 1 atom stereocenters. The minimum absolute atomic E-state index is 0.0827. The Balaban J connectivity index is 1.32. The molecule has 0 spiro atoms. The van der Waals surface area contributed by atoms with Crippen LogP contribution in [0, 0.1) is 17.5 Å². The molecule has 4 heterocycles. The van der Waals surface area contributed by atoms with Crippen LogP contribution in [0.3, 0.4) is 0 Å². The number of pyridine rings is 1. The highest BCUT2D eigenvalue weighted by atomic mass is 127. The third-order valence-electron chi connectivity index (χ3n) is 9.30. The van der Waals surface area contributed by atoms with Gasteiger partial charge in [0, 0.05) is 12.1 Å². The van der Waals surface area contributed by atoms with Crippen LogP contribution in [0.15, 0.2) is 77.6 Å². The highest BCUT2D eigenvalue weighted by Gasteiger charge is 2.55. The van der Waals surface area contributed by atoms with Crippen LogP contribution in [0.5, 0.6) is 5.75 Å². The normalized spacial score (nSPS) is 17.6. The molecule has 3 aromatic carbocycles. The second kappa shape index (κ2) is 11.5. The van der Waals surface area contributed by atoms with E-state index in [0.717, 1.165) is 33.4 Å². The zero-order valence-corrected chi connectivity index (χ0v) is 28.9. The second-order valence-electron chi connectivity index (χ2n) is 12.9. The summed E-state index contributed by atoms with van der Waals surface area (Å²) in [5.41, 5.74) is 9.70. The largest absolute Gasteiger partial charge is 0.508 e. The molecule has 1 aliphatic rings. The van der Waals surface area contributed by atoms with E-state index in [0.29, 0.717) is 38.2 Å². The molecule has 1 saturated heterocycles. The summed E-state index contributed by atoms with van der Waals surface area (Å²) < 4.78 is 17.1. The monoisotopic (exact) mass is 740 g/mol. The van der Waals surface area contributed by atoms with Crippen molar-refractivity contribution in [3.8, 4) is 11.4 Å². The number of hydrogen-bond acceptors (Lipinski definition) is 8. The Bertz CT molecular complexity index is 2270. The third kappa shape index (κ3) is 5.37. The lowest BCUT2D eigenvalue weighted by molar-refractivity contribution is -0.0101. The summed E-state index contributed by atoms with van der Waals surface area (Å²) in [6.45, 7) is 10.1. The van der Waals surface area contributed by atoms with Crippen molar-refractivity contribution in [2.75, 3.05) is 5.73 Å². The van der Waals surface area contributed by atoms with Crippen molar-refractivity contribution in [2.45, 2.75) is 58.8 Å². The summed E-state index contributed by atoms with van der Waals surface area (Å²) in [4.78, 5) is 23.9. The Labute approximate surface area is 285 Å². The number of phenolic OH excluding ortho intramolecular Hbond substituents is 1. The minimum Gasteiger partial charge on any atom is -0.508 e. The summed E-state index contributed by atoms with van der Waals surface area (Å²) in [5.74, 6) is 0.935. The Morgan fingerprint density at radius 2 is 1.68 bits per heavy atom. The van der Waals surface area contributed by atoms with E-state index < -0.39 is 18.3 Å². The third-order valence-corrected chi connectivity index (χ3v) is 10.1. The predicted octanol–water partition coefficient (Wildman–Crippen LogP) is 5.21. The average Bonchev–Trinajstić information content (AvgIpc) is 3.44. The number of nitrogen functional groups attached to an aromatic ring is 1. The first kappa shape index (κ1) is 31.3. The topological polar surface area (TPSA) is 130 Å². The number of nitrogens with zero attached hydrogens (tertiary/aromatic N) is 5. The lowest BCUT2D eigenvalue weighted by atomic mass is 9.79. The summed E-state index contributed by atoms with van der Waals surface area (Å²) in [6.07, 6.45) is 0.306. The Morgan fingerprint density at radius 1 is 0.936 bits per heavy atom. The van der Waals surface area contributed by atoms with Crippen molar-refractivity contribution in [1.29, 1.82) is 0 Å². The molecule has 0 radical (unpaired) electrons. The van der Waals surface area contributed by atoms with E-state index in [1.54, 1.807) is 27.4 Å². The number of para-hydroxylation sites is 1. The van der Waals surface area contributed by atoms with Gasteiger partial charge in [-0.1, -0.05) is 48.5 Å². The molecule has 3 aromatic heterocycles. The van der Waals surface area contributed by atoms with Gasteiger partial charge in [0.05, 0.1) is 34.2 Å². The lowest BCUT2D eigenvalue weighted by Gasteiger charge is -2.35. The molecule has 1 aliphatic heterocycles. The van der Waals surface area contributed by atoms with Gasteiger partial charge in [0.2, 0.25) is 0 Å². The molecule has 10 nitrogen and oxygen atoms in total. The summed E-state index contributed by atoms with van der Waals surface area (Å²) in [7, 11) is -0.677. The minimum atomic E-state index is -0.831. The quantitative estimate of drug-likeness (QED) is 0.176. The fourth-order valence-corrected chi connectivity index (χ4v) is 7.16. The molecule has 0 bridgehead atoms. The van der Waals surface area contributed by atoms with E-state index in [-0.39, 0.29) is 17.9 Å². The van der Waals surface area contributed by atoms with Crippen molar-refractivity contribution < 1.29 is 14.4 Å². The van der Waals surface area contributed by atoms with Crippen LogP contribution in [-0.2, 0) is 22.3 Å². The molecule has 1 unspecified atom stereocenters. The number of halogens is 1. The van der Waals surface area contributed by atoms with Crippen LogP contribution in [0.1, 0.15) is 43.4 Å². The van der Waals surface area contributed by atoms with Gasteiger partial charge in [0.25, 0.3) is 5.56 Å². The number of fused-ring (bicyclic) bond motifs is 2. The lowest BCUT2D eigenvalue weighted by Crippen LogP contribution is -2.47. The van der Waals surface area contributed by atoms with Crippen LogP contribution >= 0.6 is 22.6 Å². The smallest absolute Gasteiger partial charge is 0.494 e. The number of nitrogens with two attached hydrogens (primary N) is 1. The number of benzene rings is 3. The first-order chi connectivity index (χ1) is 22.3. The fourth-order valence-electron chi connectivity index (χ4n) is 6.39. The van der Waals surface area contributed by atoms with Gasteiger partial charge in [-0.25, -0.2) is 14.6 Å². The maximum atomic E-state index is 14.2. The molecule has 1 fully saturated rings. The Morgan fingerprint density at radius 3 is 2.45 bits per heavy atom. The molecule has 12 heteroatoms. The van der Waals surface area contributed by atoms with Crippen LogP contribution in [0.4, 0.5) is 5.82 Å². The van der Waals surface area contributed by atoms with Gasteiger partial charge in [0.15, 0.2) is 5.65 Å². The van der Waals surface area contributed by atoms with Crippen LogP contribution in [0.25, 0.3) is 27.5 Å². The van der Waals surface area contributed by atoms with Crippen LogP contribution < -0.4 is 16.8 Å². The van der Waals surface area contributed by atoms with Crippen LogP contribution in [-0.4, -0.2) is 47.7 Å². The summed E-state index contributed by atoms with van der Waals surface area (Å²) >= 11 is 2.15. The second-order valence-corrected chi connectivity index (χ2v) is 13.9. The zero-order chi connectivity index (χ0) is 33.2. The maximum Gasteiger partial charge on any atom is 0.494 e. The molecule has 0 saturated carbocycles. The average molecular weight is 740 g/mol. The molecule has 0 aliphatic carbocycles. The van der Waals surface area contributed by atoms with Gasteiger partial charge in [-0.15, -0.1) is 0 Å². The standard InChI is InChI=1S/C35H34BIN6O4/c1-20-10-6-7-15-26(20)43-24(16-22-12-8-11-21(2)28(22)33(43)45)19-42-32-29(30(37)41-42)31(38)39-27(40-32)18-35(5)34(3,4)46-36(47-35)23-13-9-14-25(44)17-23/h6-17,44H,18-19H2,1-5H3,(H2,38,39,40). The highest BCUT2D eigenvalue weighted by molar-refractivity contribution is 14.1. The molecule has 6 aromatic rings. The fraction of sp³-hybridized carbons (Fsp3) is 0.257. The van der Waals surface area contributed by atoms with Gasteiger partial charge in [-0.2, -0.15) is 5.10 Å². The number of rotatable bonds is 6. The molecule has 0 amide bonds. The molecule has 7 rings (SSSR count). The number of aryl methyl sites for hydroxylation is 2. The van der Waals surface area contributed by atoms with Gasteiger partial charge in [0.1, 0.15) is 21.1 Å². The SMILES string of the molecule is Cc1ccccc1-n1c(Cn2nc(I)c3c(N)nc(CC4(C)OB(c5cccc(O)c5)OC4(C)C)nc32)cc2cccc(C)c2c1=O. The van der Waals surface area contributed by atoms with E-state index in [2.05, 4.69) is 33.6 Å². The summed E-state index contributed by atoms with van der Waals surface area (Å²) in [6, 6.07) is 22.7. The highest BCUT2D eigenvalue weighted by Crippen LogP contribution is 2.40. The van der Waals surface area contributed by atoms with Crippen molar-refractivity contribution in [3.63, 3.8) is 0 Å². The van der Waals surface area contributed by atoms with Crippen molar-refractivity contribution >= 4 is 62.8 Å². The number of hydrogen-bond donors (Lipinski definition) is 2. The van der Waals surface area contributed by atoms with E-state index in [4.69, 9.17) is 25.1 Å². The predicted molar refractivity (Wildman–Crippen MR) is 192 cm³/mol. The maximum absolute atomic E-state index is 14.2. The van der Waals surface area contributed by atoms with Gasteiger partial charge < -0.3 is 20.1 Å². The Kier molecular flexibility index (Phi) is 7.64. The number of anilines is 1. The van der Waals surface area contributed by atoms with Gasteiger partial charge >= 0.3 is 7.12 Å². The zero-order valence-electron chi connectivity index (χ0n) is 26.8. The number of phenols is 1. The van der Waals surface area contributed by atoms with Crippen molar-refractivity contribution in [3.05, 3.63) is 109 Å². The molecular formula is C35H34BIN6O4. The van der Waals surface area contributed by atoms with E-state index in [1.165, 1.54) is 0 Å². The van der Waals surface area contributed by atoms with E-state index in [9.17, 15) is 9.90 Å².